The van der Waals surface area contributed by atoms with Crippen LogP contribution in [0.4, 0.5) is 5.69 Å². The molecule has 0 aliphatic carbocycles. The van der Waals surface area contributed by atoms with Crippen LogP contribution in [0.2, 0.25) is 0 Å². The van der Waals surface area contributed by atoms with Crippen LogP contribution >= 0.6 is 0 Å². The normalized spacial score (nSPS) is 10.5. The number of carbonyl (C=O) groups excluding carboxylic acids is 1. The molecule has 2 aromatic carbocycles. The molecule has 0 saturated heterocycles. The average Bonchev–Trinajstić information content (AvgIpc) is 2.49. The summed E-state index contributed by atoms with van der Waals surface area (Å²) in [5.74, 6) is 0.453. The summed E-state index contributed by atoms with van der Waals surface area (Å²) in [5, 5.41) is 10.3. The van der Waals surface area contributed by atoms with Crippen LogP contribution in [0.3, 0.4) is 0 Å². The van der Waals surface area contributed by atoms with Gasteiger partial charge in [0.2, 0.25) is 0 Å². The van der Waals surface area contributed by atoms with E-state index in [2.05, 4.69) is 0 Å². The molecule has 0 spiro atoms. The molecule has 22 heavy (non-hydrogen) atoms. The molecule has 0 heterocycles. The van der Waals surface area contributed by atoms with Crippen molar-refractivity contribution in [3.05, 3.63) is 53.1 Å². The Balaban J connectivity index is 2.29. The summed E-state index contributed by atoms with van der Waals surface area (Å²) in [6.45, 7) is 3.77. The van der Waals surface area contributed by atoms with Gasteiger partial charge in [0, 0.05) is 16.8 Å². The number of nitrogen functional groups attached to an aromatic ring is 1. The number of hydrogen-bond donors (Lipinski definition) is 2. The van der Waals surface area contributed by atoms with E-state index in [1.807, 2.05) is 31.2 Å². The number of carbonyl (C=O) groups is 1. The minimum absolute atomic E-state index is 0.0212. The number of phenols is 1. The molecule has 116 valence electrons. The van der Waals surface area contributed by atoms with Gasteiger partial charge in [-0.3, -0.25) is 4.79 Å². The Bertz CT molecular complexity index is 680. The average molecular weight is 299 g/mol. The van der Waals surface area contributed by atoms with E-state index in [0.717, 1.165) is 12.0 Å². The Kier molecular flexibility index (Phi) is 5.04. The number of hydrogen-bond acceptors (Lipinski definition) is 4. The lowest BCUT2D eigenvalue weighted by molar-refractivity contribution is 0.101. The summed E-state index contributed by atoms with van der Waals surface area (Å²) >= 11 is 0. The van der Waals surface area contributed by atoms with E-state index >= 15 is 0 Å². The van der Waals surface area contributed by atoms with Gasteiger partial charge < -0.3 is 15.6 Å². The summed E-state index contributed by atoms with van der Waals surface area (Å²) in [7, 11) is 0. The van der Waals surface area contributed by atoms with Crippen LogP contribution in [0.15, 0.2) is 36.4 Å². The fourth-order valence-corrected chi connectivity index (χ4v) is 2.35. The van der Waals surface area contributed by atoms with Gasteiger partial charge in [0.25, 0.3) is 0 Å². The Hall–Kier alpha value is -2.49. The first-order valence-corrected chi connectivity index (χ1v) is 7.36. The molecule has 4 heteroatoms. The summed E-state index contributed by atoms with van der Waals surface area (Å²) < 4.78 is 5.82. The summed E-state index contributed by atoms with van der Waals surface area (Å²) in [5.41, 5.74) is 8.46. The number of Topliss-reactive ketones (excluding diaryl/α,β-unsaturated/α-hetero) is 1. The molecule has 0 amide bonds. The molecule has 0 radical (unpaired) electrons. The van der Waals surface area contributed by atoms with Gasteiger partial charge >= 0.3 is 0 Å². The second kappa shape index (κ2) is 6.98. The number of benzene rings is 2. The quantitative estimate of drug-likeness (QED) is 0.630. The molecule has 0 bridgehead atoms. The maximum atomic E-state index is 11.5. The van der Waals surface area contributed by atoms with E-state index in [1.165, 1.54) is 6.92 Å². The number of ketones is 1. The lowest BCUT2D eigenvalue weighted by Crippen LogP contribution is -2.04. The highest BCUT2D eigenvalue weighted by Gasteiger charge is 2.16. The maximum Gasteiger partial charge on any atom is 0.163 e. The molecule has 3 N–H and O–H groups in total. The zero-order valence-electron chi connectivity index (χ0n) is 12.9. The predicted octanol–water partition coefficient (Wildman–Crippen LogP) is 3.71. The minimum atomic E-state index is -0.159. The van der Waals surface area contributed by atoms with Crippen molar-refractivity contribution in [2.24, 2.45) is 0 Å². The predicted molar refractivity (Wildman–Crippen MR) is 87.3 cm³/mol. The second-order valence-electron chi connectivity index (χ2n) is 5.23. The largest absolute Gasteiger partial charge is 0.507 e. The third-order valence-electron chi connectivity index (χ3n) is 3.56. The molecular formula is C18H21NO3. The van der Waals surface area contributed by atoms with Crippen LogP contribution < -0.4 is 10.5 Å². The van der Waals surface area contributed by atoms with Crippen LogP contribution in [-0.4, -0.2) is 10.9 Å². The van der Waals surface area contributed by atoms with Gasteiger partial charge in [0.15, 0.2) is 5.78 Å². The molecule has 2 rings (SSSR count). The number of rotatable bonds is 6. The summed E-state index contributed by atoms with van der Waals surface area (Å²) in [6, 6.07) is 10.8. The number of nitrogens with two attached hydrogens (primary N) is 1. The Morgan fingerprint density at radius 1 is 1.23 bits per heavy atom. The van der Waals surface area contributed by atoms with Crippen LogP contribution in [0.5, 0.6) is 11.5 Å². The number of para-hydroxylation sites is 1. The van der Waals surface area contributed by atoms with Gasteiger partial charge in [-0.25, -0.2) is 0 Å². The van der Waals surface area contributed by atoms with E-state index in [4.69, 9.17) is 10.5 Å². The molecule has 0 atom stereocenters. The monoisotopic (exact) mass is 299 g/mol. The second-order valence-corrected chi connectivity index (χ2v) is 5.23. The van der Waals surface area contributed by atoms with Crippen molar-refractivity contribution in [3.8, 4) is 11.5 Å². The standard InChI is InChI=1S/C18H21NO3/c1-3-6-15-17(10-9-14(12(2)20)18(15)21)22-11-13-7-4-5-8-16(13)19/h4-5,7-10,21H,3,6,11,19H2,1-2H3. The van der Waals surface area contributed by atoms with Crippen LogP contribution in [-0.2, 0) is 13.0 Å². The lowest BCUT2D eigenvalue weighted by atomic mass is 10.0. The van der Waals surface area contributed by atoms with Gasteiger partial charge in [-0.2, -0.15) is 0 Å². The van der Waals surface area contributed by atoms with Crippen molar-refractivity contribution in [2.45, 2.75) is 33.3 Å². The van der Waals surface area contributed by atoms with Crippen LogP contribution in [0.1, 0.15) is 41.8 Å². The highest BCUT2D eigenvalue weighted by Crippen LogP contribution is 2.33. The van der Waals surface area contributed by atoms with Gasteiger partial charge in [-0.15, -0.1) is 0 Å². The van der Waals surface area contributed by atoms with Crippen molar-refractivity contribution in [3.63, 3.8) is 0 Å². The minimum Gasteiger partial charge on any atom is -0.507 e. The zero-order chi connectivity index (χ0) is 16.1. The van der Waals surface area contributed by atoms with E-state index in [0.29, 0.717) is 35.6 Å². The van der Waals surface area contributed by atoms with Gasteiger partial charge in [0.1, 0.15) is 18.1 Å². The zero-order valence-corrected chi connectivity index (χ0v) is 12.9. The first-order chi connectivity index (χ1) is 10.5. The SMILES string of the molecule is CCCc1c(OCc2ccccc2N)ccc(C(C)=O)c1O. The molecule has 0 aliphatic heterocycles. The molecule has 0 aromatic heterocycles. The first-order valence-electron chi connectivity index (χ1n) is 7.36. The van der Waals surface area contributed by atoms with Gasteiger partial charge in [-0.05, 0) is 31.5 Å². The van der Waals surface area contributed by atoms with Crippen molar-refractivity contribution in [1.29, 1.82) is 0 Å². The highest BCUT2D eigenvalue weighted by atomic mass is 16.5. The van der Waals surface area contributed by atoms with Crippen LogP contribution in [0, 0.1) is 0 Å². The van der Waals surface area contributed by atoms with Gasteiger partial charge in [0.05, 0.1) is 5.56 Å². The molecule has 0 fully saturated rings. The number of phenolic OH excluding ortho intramolecular Hbond substituents is 1. The van der Waals surface area contributed by atoms with Gasteiger partial charge in [-0.1, -0.05) is 31.5 Å². The molecule has 4 nitrogen and oxygen atoms in total. The molecule has 0 saturated carbocycles. The number of aromatic hydroxyl groups is 1. The molecular weight excluding hydrogens is 278 g/mol. The van der Waals surface area contributed by atoms with Crippen molar-refractivity contribution < 1.29 is 14.6 Å². The maximum absolute atomic E-state index is 11.5. The summed E-state index contributed by atoms with van der Waals surface area (Å²) in [4.78, 5) is 11.5. The number of ether oxygens (including phenoxy) is 1. The summed E-state index contributed by atoms with van der Waals surface area (Å²) in [6.07, 6.45) is 1.49. The van der Waals surface area contributed by atoms with Crippen LogP contribution in [0.25, 0.3) is 0 Å². The van der Waals surface area contributed by atoms with E-state index in [1.54, 1.807) is 12.1 Å². The fraction of sp³-hybridized carbons (Fsp3) is 0.278. The topological polar surface area (TPSA) is 72.5 Å². The van der Waals surface area contributed by atoms with Crippen molar-refractivity contribution in [2.75, 3.05) is 5.73 Å². The first kappa shape index (κ1) is 15.9. The van der Waals surface area contributed by atoms with Crippen molar-refractivity contribution >= 4 is 11.5 Å². The molecule has 2 aromatic rings. The third kappa shape index (κ3) is 3.39. The third-order valence-corrected chi connectivity index (χ3v) is 3.56. The molecule has 0 unspecified atom stereocenters. The Labute approximate surface area is 130 Å². The smallest absolute Gasteiger partial charge is 0.163 e. The van der Waals surface area contributed by atoms with E-state index in [9.17, 15) is 9.90 Å². The van der Waals surface area contributed by atoms with E-state index in [-0.39, 0.29) is 11.5 Å². The van der Waals surface area contributed by atoms with Crippen molar-refractivity contribution in [1.82, 2.24) is 0 Å². The highest BCUT2D eigenvalue weighted by molar-refractivity contribution is 5.97. The Morgan fingerprint density at radius 3 is 2.59 bits per heavy atom. The number of anilines is 1. The fourth-order valence-electron chi connectivity index (χ4n) is 2.35. The van der Waals surface area contributed by atoms with E-state index < -0.39 is 0 Å². The molecule has 0 aliphatic rings. The lowest BCUT2D eigenvalue weighted by Gasteiger charge is -2.15. The Morgan fingerprint density at radius 2 is 1.95 bits per heavy atom.